The van der Waals surface area contributed by atoms with E-state index in [1.165, 1.54) is 18.7 Å². The Morgan fingerprint density at radius 1 is 1.20 bits per heavy atom. The first kappa shape index (κ1) is 15.4. The molecule has 1 unspecified atom stereocenters. The van der Waals surface area contributed by atoms with Crippen molar-refractivity contribution in [2.75, 3.05) is 6.26 Å². The van der Waals surface area contributed by atoms with Gasteiger partial charge in [0, 0.05) is 12.4 Å². The van der Waals surface area contributed by atoms with Crippen LogP contribution in [0.1, 0.15) is 10.4 Å². The molecule has 0 fully saturated rings. The molecule has 1 amide bonds. The normalized spacial score (nSPS) is 15.2. The molecule has 4 nitrogen and oxygen atoms in total. The maximum atomic E-state index is 12.1. The highest BCUT2D eigenvalue weighted by atomic mass is 35.7. The zero-order valence-electron chi connectivity index (χ0n) is 10.3. The molecule has 2 rings (SSSR count). The standard InChI is InChI=1S/C12H10Cl3N3OS/c1-20(15,11-9(13)3-2-4-10(11)14)18-12(19)8-5-16-7-17-6-8/h2-7H,1H3,(H,18,19). The molecular formula is C12H10Cl3N3OS. The van der Waals surface area contributed by atoms with Crippen LogP contribution in [0.15, 0.2) is 41.8 Å². The molecule has 0 aliphatic heterocycles. The molecule has 0 aliphatic carbocycles. The third kappa shape index (κ3) is 3.35. The Morgan fingerprint density at radius 2 is 1.75 bits per heavy atom. The molecule has 1 atom stereocenters. The molecule has 1 heterocycles. The molecule has 0 saturated carbocycles. The fourth-order valence-corrected chi connectivity index (χ4v) is 5.25. The lowest BCUT2D eigenvalue weighted by Crippen LogP contribution is -2.25. The maximum Gasteiger partial charge on any atom is 0.264 e. The van der Waals surface area contributed by atoms with E-state index in [1.54, 1.807) is 24.5 Å². The number of aromatic nitrogens is 2. The molecule has 8 heteroatoms. The number of hydrogen-bond acceptors (Lipinski definition) is 3. The van der Waals surface area contributed by atoms with Crippen molar-refractivity contribution in [3.63, 3.8) is 0 Å². The summed E-state index contributed by atoms with van der Waals surface area (Å²) in [6.45, 7) is 0. The highest BCUT2D eigenvalue weighted by Crippen LogP contribution is 2.58. The molecule has 1 aromatic heterocycles. The Hall–Kier alpha value is -1.01. The number of hydrogen-bond donors (Lipinski definition) is 1. The number of carbonyl (C=O) groups excluding carboxylic acids is 1. The number of benzene rings is 1. The first-order chi connectivity index (χ1) is 9.42. The Bertz CT molecular complexity index is 617. The topological polar surface area (TPSA) is 54.9 Å². The summed E-state index contributed by atoms with van der Waals surface area (Å²) in [6.07, 6.45) is 5.84. The van der Waals surface area contributed by atoms with Gasteiger partial charge < -0.3 is 0 Å². The van der Waals surface area contributed by atoms with Gasteiger partial charge in [0.2, 0.25) is 0 Å². The minimum Gasteiger partial charge on any atom is -0.298 e. The van der Waals surface area contributed by atoms with Crippen LogP contribution in [0.5, 0.6) is 0 Å². The summed E-state index contributed by atoms with van der Waals surface area (Å²) in [5.41, 5.74) is 0.315. The zero-order chi connectivity index (χ0) is 14.8. The lowest BCUT2D eigenvalue weighted by Gasteiger charge is -2.31. The van der Waals surface area contributed by atoms with Gasteiger partial charge in [0.15, 0.2) is 0 Å². The molecule has 1 aromatic carbocycles. The lowest BCUT2D eigenvalue weighted by molar-refractivity contribution is 0.0983. The number of halogens is 3. The third-order valence-corrected chi connectivity index (χ3v) is 5.73. The van der Waals surface area contributed by atoms with Crippen molar-refractivity contribution in [3.05, 3.63) is 52.5 Å². The maximum absolute atomic E-state index is 12.1. The van der Waals surface area contributed by atoms with Crippen LogP contribution in [-0.4, -0.2) is 22.1 Å². The van der Waals surface area contributed by atoms with Crippen LogP contribution in [0.4, 0.5) is 0 Å². The molecule has 0 bridgehead atoms. The van der Waals surface area contributed by atoms with E-state index in [0.717, 1.165) is 0 Å². The lowest BCUT2D eigenvalue weighted by atomic mass is 10.3. The predicted molar refractivity (Wildman–Crippen MR) is 83.6 cm³/mol. The second kappa shape index (κ2) is 6.18. The number of carbonyl (C=O) groups is 1. The highest BCUT2D eigenvalue weighted by Gasteiger charge is 2.26. The van der Waals surface area contributed by atoms with Gasteiger partial charge >= 0.3 is 0 Å². The van der Waals surface area contributed by atoms with Crippen LogP contribution in [0, 0.1) is 0 Å². The SMILES string of the molecule is CS(Cl)(NC(=O)c1cncnc1)c1c(Cl)cccc1Cl. The van der Waals surface area contributed by atoms with Crippen molar-refractivity contribution < 1.29 is 4.79 Å². The first-order valence-electron chi connectivity index (χ1n) is 5.41. The first-order valence-corrected chi connectivity index (χ1v) is 9.03. The molecule has 0 spiro atoms. The van der Waals surface area contributed by atoms with Crippen LogP contribution < -0.4 is 4.72 Å². The monoisotopic (exact) mass is 349 g/mol. The summed E-state index contributed by atoms with van der Waals surface area (Å²) >= 11 is 12.2. The largest absolute Gasteiger partial charge is 0.298 e. The van der Waals surface area contributed by atoms with Crippen molar-refractivity contribution in [1.29, 1.82) is 0 Å². The van der Waals surface area contributed by atoms with Crippen molar-refractivity contribution in [2.24, 2.45) is 0 Å². The summed E-state index contributed by atoms with van der Waals surface area (Å²) in [5.74, 6) is -0.380. The van der Waals surface area contributed by atoms with Gasteiger partial charge in [0.05, 0.1) is 20.5 Å². The molecule has 0 saturated heterocycles. The van der Waals surface area contributed by atoms with Crippen molar-refractivity contribution in [3.8, 4) is 0 Å². The van der Waals surface area contributed by atoms with Gasteiger partial charge in [-0.3, -0.25) is 9.52 Å². The van der Waals surface area contributed by atoms with Gasteiger partial charge in [-0.2, -0.15) is 0 Å². The van der Waals surface area contributed by atoms with E-state index in [1.807, 2.05) is 0 Å². The average molecular weight is 351 g/mol. The average Bonchev–Trinajstić information content (AvgIpc) is 2.38. The van der Waals surface area contributed by atoms with Crippen molar-refractivity contribution >= 4 is 49.2 Å². The fraction of sp³-hybridized carbons (Fsp3) is 0.0833. The molecule has 0 radical (unpaired) electrons. The summed E-state index contributed by atoms with van der Waals surface area (Å²) in [6, 6.07) is 5.07. The van der Waals surface area contributed by atoms with Gasteiger partial charge in [-0.25, -0.2) is 9.97 Å². The van der Waals surface area contributed by atoms with Crippen LogP contribution in [0.25, 0.3) is 0 Å². The quantitative estimate of drug-likeness (QED) is 0.907. The van der Waals surface area contributed by atoms with Gasteiger partial charge in [0.25, 0.3) is 5.91 Å². The number of amides is 1. The number of nitrogens with one attached hydrogen (secondary N) is 1. The number of rotatable bonds is 3. The van der Waals surface area contributed by atoms with Crippen molar-refractivity contribution in [1.82, 2.24) is 14.7 Å². The van der Waals surface area contributed by atoms with E-state index in [-0.39, 0.29) is 5.91 Å². The van der Waals surface area contributed by atoms with Gasteiger partial charge in [0.1, 0.15) is 6.33 Å². The van der Waals surface area contributed by atoms with Crippen LogP contribution >= 0.6 is 43.3 Å². The molecule has 2 aromatic rings. The van der Waals surface area contributed by atoms with Gasteiger partial charge in [-0.1, -0.05) is 38.7 Å². The van der Waals surface area contributed by atoms with E-state index < -0.39 is 9.43 Å². The molecule has 1 N–H and O–H groups in total. The smallest absolute Gasteiger partial charge is 0.264 e. The minimum atomic E-state index is -2.22. The Morgan fingerprint density at radius 3 is 2.30 bits per heavy atom. The number of nitrogens with zero attached hydrogens (tertiary/aromatic N) is 2. The van der Waals surface area contributed by atoms with E-state index in [2.05, 4.69) is 14.7 Å². The minimum absolute atomic E-state index is 0.315. The van der Waals surface area contributed by atoms with Gasteiger partial charge in [-0.05, 0) is 29.1 Å². The Labute approximate surface area is 132 Å². The van der Waals surface area contributed by atoms with Crippen molar-refractivity contribution in [2.45, 2.75) is 4.90 Å². The zero-order valence-corrected chi connectivity index (χ0v) is 13.4. The summed E-state index contributed by atoms with van der Waals surface area (Å²) in [4.78, 5) is 20.2. The highest BCUT2D eigenvalue weighted by molar-refractivity contribution is 8.49. The second-order valence-electron chi connectivity index (χ2n) is 3.93. The summed E-state index contributed by atoms with van der Waals surface area (Å²) in [7, 11) is 4.24. The fourth-order valence-electron chi connectivity index (χ4n) is 1.55. The summed E-state index contributed by atoms with van der Waals surface area (Å²) in [5, 5.41) is 0.823. The van der Waals surface area contributed by atoms with Gasteiger partial charge in [-0.15, -0.1) is 0 Å². The molecule has 0 aliphatic rings. The van der Waals surface area contributed by atoms with Crippen LogP contribution in [-0.2, 0) is 0 Å². The second-order valence-corrected chi connectivity index (χ2v) is 8.84. The van der Waals surface area contributed by atoms with E-state index in [9.17, 15) is 4.79 Å². The Balaban J connectivity index is 2.30. The molecular weight excluding hydrogens is 341 g/mol. The van der Waals surface area contributed by atoms with E-state index in [0.29, 0.717) is 20.5 Å². The predicted octanol–water partition coefficient (Wildman–Crippen LogP) is 4.08. The Kier molecular flexibility index (Phi) is 4.75. The molecule has 106 valence electrons. The summed E-state index contributed by atoms with van der Waals surface area (Å²) < 4.78 is 2.73. The molecule has 20 heavy (non-hydrogen) atoms. The van der Waals surface area contributed by atoms with E-state index >= 15 is 0 Å². The van der Waals surface area contributed by atoms with Crippen LogP contribution in [0.2, 0.25) is 10.0 Å². The third-order valence-electron chi connectivity index (χ3n) is 2.41. The van der Waals surface area contributed by atoms with Crippen LogP contribution in [0.3, 0.4) is 0 Å². The van der Waals surface area contributed by atoms with E-state index in [4.69, 9.17) is 33.9 Å².